The van der Waals surface area contributed by atoms with Crippen molar-refractivity contribution in [3.05, 3.63) is 65.5 Å². The van der Waals surface area contributed by atoms with Gasteiger partial charge in [0.25, 0.3) is 11.8 Å². The van der Waals surface area contributed by atoms with Gasteiger partial charge in [0, 0.05) is 13.1 Å². The Hall–Kier alpha value is -3.42. The summed E-state index contributed by atoms with van der Waals surface area (Å²) in [7, 11) is 0. The monoisotopic (exact) mass is 425 g/mol. The first-order valence-electron chi connectivity index (χ1n) is 10.2. The summed E-state index contributed by atoms with van der Waals surface area (Å²) in [5.74, 6) is -0.423. The maximum atomic E-state index is 13.1. The van der Waals surface area contributed by atoms with Crippen molar-refractivity contribution in [3.63, 3.8) is 0 Å². The quantitative estimate of drug-likeness (QED) is 0.747. The highest BCUT2D eigenvalue weighted by Gasteiger charge is 2.52. The van der Waals surface area contributed by atoms with Crippen LogP contribution >= 0.6 is 0 Å². The molecule has 2 fully saturated rings. The van der Waals surface area contributed by atoms with E-state index in [9.17, 15) is 18.8 Å². The Balaban J connectivity index is 1.33. The fraction of sp³-hybridized carbons (Fsp3) is 0.348. The number of imide groups is 1. The van der Waals surface area contributed by atoms with Gasteiger partial charge in [0.15, 0.2) is 6.61 Å². The second-order valence-corrected chi connectivity index (χ2v) is 8.01. The molecule has 2 aromatic rings. The number of nitrogens with zero attached hydrogens (tertiary/aromatic N) is 2. The lowest BCUT2D eigenvalue weighted by Crippen LogP contribution is -2.56. The van der Waals surface area contributed by atoms with Crippen molar-refractivity contribution in [1.29, 1.82) is 0 Å². The Labute approximate surface area is 179 Å². The van der Waals surface area contributed by atoms with E-state index in [1.54, 1.807) is 4.90 Å². The van der Waals surface area contributed by atoms with Gasteiger partial charge in [-0.25, -0.2) is 9.18 Å². The summed E-state index contributed by atoms with van der Waals surface area (Å²) in [5, 5.41) is 2.86. The van der Waals surface area contributed by atoms with Gasteiger partial charge in [0.2, 0.25) is 0 Å². The van der Waals surface area contributed by atoms with Crippen LogP contribution in [0.2, 0.25) is 0 Å². The van der Waals surface area contributed by atoms with E-state index in [2.05, 4.69) is 5.32 Å². The Bertz CT molecular complexity index is 983. The van der Waals surface area contributed by atoms with Gasteiger partial charge >= 0.3 is 6.03 Å². The highest BCUT2D eigenvalue weighted by molar-refractivity contribution is 6.07. The minimum Gasteiger partial charge on any atom is -0.484 e. The molecule has 2 heterocycles. The van der Waals surface area contributed by atoms with Gasteiger partial charge in [-0.05, 0) is 49.6 Å². The van der Waals surface area contributed by atoms with Crippen LogP contribution in [0.4, 0.5) is 9.18 Å². The molecule has 1 N–H and O–H groups in total. The smallest absolute Gasteiger partial charge is 0.325 e. The van der Waals surface area contributed by atoms with Crippen molar-refractivity contribution in [2.24, 2.45) is 0 Å². The number of nitrogens with one attached hydrogen (secondary N) is 1. The summed E-state index contributed by atoms with van der Waals surface area (Å²) in [5.41, 5.74) is 1.03. The highest BCUT2D eigenvalue weighted by Crippen LogP contribution is 2.30. The van der Waals surface area contributed by atoms with Gasteiger partial charge < -0.3 is 15.0 Å². The van der Waals surface area contributed by atoms with Gasteiger partial charge in [-0.3, -0.25) is 14.5 Å². The predicted molar refractivity (Wildman–Crippen MR) is 111 cm³/mol. The molecule has 31 heavy (non-hydrogen) atoms. The van der Waals surface area contributed by atoms with Crippen molar-refractivity contribution >= 4 is 17.8 Å². The number of likely N-dealkylation sites (tertiary alicyclic amines) is 1. The van der Waals surface area contributed by atoms with E-state index in [1.807, 2.05) is 31.2 Å². The van der Waals surface area contributed by atoms with Crippen LogP contribution in [0.1, 0.15) is 24.0 Å². The number of amides is 4. The number of halogens is 1. The van der Waals surface area contributed by atoms with Crippen molar-refractivity contribution < 1.29 is 23.5 Å². The van der Waals surface area contributed by atoms with Gasteiger partial charge in [-0.15, -0.1) is 0 Å². The van der Waals surface area contributed by atoms with Crippen LogP contribution in [0.3, 0.4) is 0 Å². The Morgan fingerprint density at radius 2 is 1.71 bits per heavy atom. The SMILES string of the molecule is Cc1ccc(CN2C(=O)NC3(CCN(C(=O)COc4ccc(F)cc4)CC3)C2=O)cc1. The maximum absolute atomic E-state index is 13.1. The van der Waals surface area contributed by atoms with Crippen molar-refractivity contribution in [2.45, 2.75) is 31.8 Å². The molecule has 0 aromatic heterocycles. The lowest BCUT2D eigenvalue weighted by Gasteiger charge is -2.37. The van der Waals surface area contributed by atoms with Crippen molar-refractivity contribution in [2.75, 3.05) is 19.7 Å². The zero-order valence-electron chi connectivity index (χ0n) is 17.3. The summed E-state index contributed by atoms with van der Waals surface area (Å²) in [6, 6.07) is 12.8. The van der Waals surface area contributed by atoms with E-state index in [4.69, 9.17) is 4.74 Å². The van der Waals surface area contributed by atoms with Crippen molar-refractivity contribution in [3.8, 4) is 5.75 Å². The van der Waals surface area contributed by atoms with E-state index in [0.29, 0.717) is 31.7 Å². The van der Waals surface area contributed by atoms with Crippen molar-refractivity contribution in [1.82, 2.24) is 15.1 Å². The van der Waals surface area contributed by atoms with E-state index in [1.165, 1.54) is 29.2 Å². The molecule has 2 aromatic carbocycles. The second kappa shape index (κ2) is 8.37. The molecule has 0 unspecified atom stereocenters. The third kappa shape index (κ3) is 4.38. The molecular weight excluding hydrogens is 401 g/mol. The molecule has 2 aliphatic rings. The van der Waals surface area contributed by atoms with E-state index in [0.717, 1.165) is 11.1 Å². The highest BCUT2D eigenvalue weighted by atomic mass is 19.1. The topological polar surface area (TPSA) is 79.0 Å². The minimum absolute atomic E-state index is 0.168. The number of aryl methyl sites for hydroxylation is 1. The maximum Gasteiger partial charge on any atom is 0.325 e. The first-order valence-corrected chi connectivity index (χ1v) is 10.2. The van der Waals surface area contributed by atoms with Gasteiger partial charge in [-0.2, -0.15) is 0 Å². The van der Waals surface area contributed by atoms with Crippen LogP contribution < -0.4 is 10.1 Å². The lowest BCUT2D eigenvalue weighted by atomic mass is 9.87. The number of urea groups is 1. The first kappa shape index (κ1) is 20.8. The first-order chi connectivity index (χ1) is 14.9. The molecule has 2 saturated heterocycles. The minimum atomic E-state index is -0.962. The summed E-state index contributed by atoms with van der Waals surface area (Å²) in [6.07, 6.45) is 0.703. The standard InChI is InChI=1S/C23H24FN3O4/c1-16-2-4-17(5-3-16)14-27-21(29)23(25-22(27)30)10-12-26(13-11-23)20(28)15-31-19-8-6-18(24)7-9-19/h2-9H,10-15H2,1H3,(H,25,30). The number of carbonyl (C=O) groups is 3. The third-order valence-corrected chi connectivity index (χ3v) is 5.85. The van der Waals surface area contributed by atoms with Gasteiger partial charge in [-0.1, -0.05) is 29.8 Å². The molecule has 8 heteroatoms. The zero-order chi connectivity index (χ0) is 22.0. The largest absolute Gasteiger partial charge is 0.484 e. The molecule has 0 atom stereocenters. The molecule has 0 radical (unpaired) electrons. The molecule has 7 nitrogen and oxygen atoms in total. The number of ether oxygens (including phenoxy) is 1. The molecule has 4 rings (SSSR count). The molecule has 4 amide bonds. The Kier molecular flexibility index (Phi) is 5.63. The molecule has 0 aliphatic carbocycles. The molecule has 2 aliphatic heterocycles. The fourth-order valence-electron chi connectivity index (χ4n) is 3.94. The van der Waals surface area contributed by atoms with E-state index < -0.39 is 11.6 Å². The number of hydrogen-bond donors (Lipinski definition) is 1. The lowest BCUT2D eigenvalue weighted by molar-refractivity contribution is -0.139. The van der Waals surface area contributed by atoms with Crippen LogP contribution in [-0.2, 0) is 16.1 Å². The van der Waals surface area contributed by atoms with E-state index in [-0.39, 0.29) is 30.8 Å². The van der Waals surface area contributed by atoms with Crippen LogP contribution in [-0.4, -0.2) is 52.9 Å². The molecule has 0 bridgehead atoms. The van der Waals surface area contributed by atoms with Crippen LogP contribution in [0.15, 0.2) is 48.5 Å². The summed E-state index contributed by atoms with van der Waals surface area (Å²) in [4.78, 5) is 40.9. The second-order valence-electron chi connectivity index (χ2n) is 8.01. The van der Waals surface area contributed by atoms with Crippen LogP contribution in [0.25, 0.3) is 0 Å². The van der Waals surface area contributed by atoms with Gasteiger partial charge in [0.05, 0.1) is 6.54 Å². The normalized spacial score (nSPS) is 17.7. The van der Waals surface area contributed by atoms with Crippen LogP contribution in [0, 0.1) is 12.7 Å². The fourth-order valence-corrected chi connectivity index (χ4v) is 3.94. The summed E-state index contributed by atoms with van der Waals surface area (Å²) in [6.45, 7) is 2.72. The van der Waals surface area contributed by atoms with Gasteiger partial charge in [0.1, 0.15) is 17.1 Å². The average Bonchev–Trinajstić information content (AvgIpc) is 2.99. The summed E-state index contributed by atoms with van der Waals surface area (Å²) < 4.78 is 18.4. The summed E-state index contributed by atoms with van der Waals surface area (Å²) >= 11 is 0. The Morgan fingerprint density at radius 1 is 1.06 bits per heavy atom. The number of piperidine rings is 1. The number of rotatable bonds is 5. The molecule has 0 saturated carbocycles. The predicted octanol–water partition coefficient (Wildman–Crippen LogP) is 2.63. The number of hydrogen-bond acceptors (Lipinski definition) is 4. The average molecular weight is 425 g/mol. The third-order valence-electron chi connectivity index (χ3n) is 5.85. The molecule has 162 valence electrons. The molecule has 1 spiro atoms. The zero-order valence-corrected chi connectivity index (χ0v) is 17.3. The Morgan fingerprint density at radius 3 is 2.35 bits per heavy atom. The van der Waals surface area contributed by atoms with Crippen LogP contribution in [0.5, 0.6) is 5.75 Å². The number of benzene rings is 2. The van der Waals surface area contributed by atoms with E-state index >= 15 is 0 Å². The number of carbonyl (C=O) groups excluding carboxylic acids is 3. The molecular formula is C23H24FN3O4.